The number of piperidine rings is 1. The number of methoxy groups -OCH3 is 1. The Bertz CT molecular complexity index is 461. The Morgan fingerprint density at radius 2 is 2.05 bits per heavy atom. The molecule has 1 N–H and O–H groups in total. The third-order valence-corrected chi connectivity index (χ3v) is 3.31. The summed E-state index contributed by atoms with van der Waals surface area (Å²) in [4.78, 5) is 14.2. The molecule has 0 saturated carbocycles. The Kier molecular flexibility index (Phi) is 4.58. The molecule has 19 heavy (non-hydrogen) atoms. The summed E-state index contributed by atoms with van der Waals surface area (Å²) in [6.45, 7) is 6.23. The second-order valence-corrected chi connectivity index (χ2v) is 4.77. The minimum atomic E-state index is -0.00277. The molecule has 4 nitrogen and oxygen atoms in total. The highest BCUT2D eigenvalue weighted by molar-refractivity contribution is 5.93. The Labute approximate surface area is 114 Å². The first kappa shape index (κ1) is 13.6. The molecule has 1 fully saturated rings. The Hall–Kier alpha value is -1.81. The topological polar surface area (TPSA) is 41.6 Å². The molecule has 0 aromatic heterocycles. The number of likely N-dealkylation sites (tertiary alicyclic amines) is 1. The quantitative estimate of drug-likeness (QED) is 0.844. The van der Waals surface area contributed by atoms with Crippen LogP contribution in [-0.2, 0) is 4.79 Å². The van der Waals surface area contributed by atoms with Crippen molar-refractivity contribution in [2.45, 2.75) is 12.8 Å². The number of hydrogen-bond acceptors (Lipinski definition) is 3. The summed E-state index contributed by atoms with van der Waals surface area (Å²) in [5, 5.41) is 2.89. The van der Waals surface area contributed by atoms with E-state index < -0.39 is 0 Å². The molecule has 1 heterocycles. The van der Waals surface area contributed by atoms with Gasteiger partial charge in [-0.25, -0.2) is 0 Å². The van der Waals surface area contributed by atoms with E-state index in [1.807, 2.05) is 24.3 Å². The zero-order valence-corrected chi connectivity index (χ0v) is 11.3. The zero-order chi connectivity index (χ0) is 13.7. The highest BCUT2D eigenvalue weighted by Crippen LogP contribution is 2.23. The number of nitrogens with one attached hydrogen (secondary N) is 1. The largest absolute Gasteiger partial charge is 0.495 e. The third kappa shape index (κ3) is 3.83. The fourth-order valence-corrected chi connectivity index (χ4v) is 2.17. The van der Waals surface area contributed by atoms with Gasteiger partial charge in [-0.3, -0.25) is 9.69 Å². The van der Waals surface area contributed by atoms with Gasteiger partial charge in [-0.15, -0.1) is 0 Å². The van der Waals surface area contributed by atoms with Crippen LogP contribution in [0.5, 0.6) is 5.75 Å². The molecule has 0 bridgehead atoms. The number of carbonyl (C=O) groups excluding carboxylic acids is 1. The van der Waals surface area contributed by atoms with Crippen molar-refractivity contribution in [3.05, 3.63) is 36.4 Å². The highest BCUT2D eigenvalue weighted by Gasteiger charge is 2.16. The number of carbonyl (C=O) groups is 1. The Morgan fingerprint density at radius 3 is 2.74 bits per heavy atom. The van der Waals surface area contributed by atoms with Crippen LogP contribution in [0.3, 0.4) is 0 Å². The first-order valence-corrected chi connectivity index (χ1v) is 6.51. The summed E-state index contributed by atoms with van der Waals surface area (Å²) in [7, 11) is 1.60. The van der Waals surface area contributed by atoms with E-state index in [4.69, 9.17) is 4.74 Å². The molecule has 0 atom stereocenters. The molecule has 1 amide bonds. The number of amides is 1. The SMILES string of the molecule is C=C1CCN(CC(=O)Nc2ccccc2OC)CC1. The van der Waals surface area contributed by atoms with Crippen LogP contribution in [0.4, 0.5) is 5.69 Å². The van der Waals surface area contributed by atoms with E-state index in [9.17, 15) is 4.79 Å². The van der Waals surface area contributed by atoms with Crippen LogP contribution in [0.25, 0.3) is 0 Å². The first-order valence-electron chi connectivity index (χ1n) is 6.51. The van der Waals surface area contributed by atoms with Gasteiger partial charge in [0.25, 0.3) is 0 Å². The molecule has 1 aromatic rings. The summed E-state index contributed by atoms with van der Waals surface area (Å²) in [6, 6.07) is 7.43. The van der Waals surface area contributed by atoms with Crippen molar-refractivity contribution in [2.75, 3.05) is 32.1 Å². The van der Waals surface area contributed by atoms with Crippen LogP contribution < -0.4 is 10.1 Å². The number of benzene rings is 1. The number of para-hydroxylation sites is 2. The van der Waals surface area contributed by atoms with E-state index in [1.54, 1.807) is 7.11 Å². The molecule has 1 saturated heterocycles. The number of ether oxygens (including phenoxy) is 1. The van der Waals surface area contributed by atoms with E-state index in [2.05, 4.69) is 16.8 Å². The molecule has 0 radical (unpaired) electrons. The highest BCUT2D eigenvalue weighted by atomic mass is 16.5. The van der Waals surface area contributed by atoms with Crippen molar-refractivity contribution in [1.82, 2.24) is 4.90 Å². The van der Waals surface area contributed by atoms with Crippen molar-refractivity contribution in [2.24, 2.45) is 0 Å². The minimum Gasteiger partial charge on any atom is -0.495 e. The number of anilines is 1. The van der Waals surface area contributed by atoms with Gasteiger partial charge in [0.1, 0.15) is 5.75 Å². The van der Waals surface area contributed by atoms with E-state index >= 15 is 0 Å². The molecule has 102 valence electrons. The van der Waals surface area contributed by atoms with E-state index in [-0.39, 0.29) is 5.91 Å². The van der Waals surface area contributed by atoms with Gasteiger partial charge in [-0.2, -0.15) is 0 Å². The molecule has 1 aromatic carbocycles. The Balaban J connectivity index is 1.89. The van der Waals surface area contributed by atoms with Gasteiger partial charge in [0.05, 0.1) is 19.3 Å². The van der Waals surface area contributed by atoms with Gasteiger partial charge < -0.3 is 10.1 Å². The normalized spacial score (nSPS) is 16.2. The molecular formula is C15H20N2O2. The monoisotopic (exact) mass is 260 g/mol. The van der Waals surface area contributed by atoms with E-state index in [1.165, 1.54) is 5.57 Å². The van der Waals surface area contributed by atoms with Gasteiger partial charge in [-0.1, -0.05) is 24.3 Å². The second-order valence-electron chi connectivity index (χ2n) is 4.77. The van der Waals surface area contributed by atoms with Crippen molar-refractivity contribution in [3.8, 4) is 5.75 Å². The molecule has 1 aliphatic rings. The van der Waals surface area contributed by atoms with E-state index in [0.717, 1.165) is 31.6 Å². The van der Waals surface area contributed by atoms with Gasteiger partial charge in [0.15, 0.2) is 0 Å². The maximum absolute atomic E-state index is 12.0. The summed E-state index contributed by atoms with van der Waals surface area (Å²) in [6.07, 6.45) is 1.98. The van der Waals surface area contributed by atoms with Gasteiger partial charge >= 0.3 is 0 Å². The van der Waals surface area contributed by atoms with Crippen molar-refractivity contribution < 1.29 is 9.53 Å². The van der Waals surface area contributed by atoms with Crippen LogP contribution in [-0.4, -0.2) is 37.6 Å². The van der Waals surface area contributed by atoms with Gasteiger partial charge in [0, 0.05) is 13.1 Å². The number of rotatable bonds is 4. The predicted octanol–water partition coefficient (Wildman–Crippen LogP) is 2.29. The van der Waals surface area contributed by atoms with Gasteiger partial charge in [0.2, 0.25) is 5.91 Å². The molecule has 2 rings (SSSR count). The van der Waals surface area contributed by atoms with Crippen LogP contribution in [0.15, 0.2) is 36.4 Å². The lowest BCUT2D eigenvalue weighted by molar-refractivity contribution is -0.117. The average molecular weight is 260 g/mol. The lowest BCUT2D eigenvalue weighted by Crippen LogP contribution is -2.37. The third-order valence-electron chi connectivity index (χ3n) is 3.31. The summed E-state index contributed by atoms with van der Waals surface area (Å²) < 4.78 is 5.21. The fraction of sp³-hybridized carbons (Fsp3) is 0.400. The molecule has 0 aliphatic carbocycles. The summed E-state index contributed by atoms with van der Waals surface area (Å²) in [5.41, 5.74) is 2.00. The predicted molar refractivity (Wildman–Crippen MR) is 76.4 cm³/mol. The van der Waals surface area contributed by atoms with Crippen molar-refractivity contribution in [3.63, 3.8) is 0 Å². The maximum Gasteiger partial charge on any atom is 0.238 e. The lowest BCUT2D eigenvalue weighted by atomic mass is 10.1. The zero-order valence-electron chi connectivity index (χ0n) is 11.3. The molecule has 0 spiro atoms. The smallest absolute Gasteiger partial charge is 0.238 e. The first-order chi connectivity index (χ1) is 9.19. The van der Waals surface area contributed by atoms with Crippen LogP contribution in [0.2, 0.25) is 0 Å². The fourth-order valence-electron chi connectivity index (χ4n) is 2.17. The molecule has 4 heteroatoms. The van der Waals surface area contributed by atoms with Crippen LogP contribution in [0, 0.1) is 0 Å². The lowest BCUT2D eigenvalue weighted by Gasteiger charge is -2.27. The summed E-state index contributed by atoms with van der Waals surface area (Å²) in [5.74, 6) is 0.680. The number of nitrogens with zero attached hydrogens (tertiary/aromatic N) is 1. The van der Waals surface area contributed by atoms with Crippen molar-refractivity contribution in [1.29, 1.82) is 0 Å². The van der Waals surface area contributed by atoms with Crippen LogP contribution >= 0.6 is 0 Å². The second kappa shape index (κ2) is 6.38. The molecular weight excluding hydrogens is 240 g/mol. The van der Waals surface area contributed by atoms with Crippen molar-refractivity contribution >= 4 is 11.6 Å². The Morgan fingerprint density at radius 1 is 1.37 bits per heavy atom. The number of hydrogen-bond donors (Lipinski definition) is 1. The standard InChI is InChI=1S/C15H20N2O2/c1-12-7-9-17(10-8-12)11-15(18)16-13-5-3-4-6-14(13)19-2/h3-6H,1,7-11H2,2H3,(H,16,18). The van der Waals surface area contributed by atoms with Gasteiger partial charge in [-0.05, 0) is 25.0 Å². The minimum absolute atomic E-state index is 0.00277. The van der Waals surface area contributed by atoms with E-state index in [0.29, 0.717) is 12.3 Å². The van der Waals surface area contributed by atoms with Crippen LogP contribution in [0.1, 0.15) is 12.8 Å². The summed E-state index contributed by atoms with van der Waals surface area (Å²) >= 11 is 0. The average Bonchev–Trinajstić information content (AvgIpc) is 2.42. The molecule has 0 unspecified atom stereocenters. The maximum atomic E-state index is 12.0. The molecule has 1 aliphatic heterocycles.